The molecule has 2 aliphatic carbocycles. The molecule has 2 fully saturated rings. The van der Waals surface area contributed by atoms with Crippen molar-refractivity contribution in [2.45, 2.75) is 58.9 Å². The molecule has 0 aliphatic heterocycles. The second-order valence-corrected chi connectivity index (χ2v) is 6.85. The van der Waals surface area contributed by atoms with E-state index in [-0.39, 0.29) is 0 Å². The summed E-state index contributed by atoms with van der Waals surface area (Å²) in [4.78, 5) is 0. The summed E-state index contributed by atoms with van der Waals surface area (Å²) in [6, 6.07) is 0.668. The van der Waals surface area contributed by atoms with E-state index in [1.165, 1.54) is 37.7 Å². The van der Waals surface area contributed by atoms with Gasteiger partial charge in [-0.15, -0.1) is 0 Å². The fourth-order valence-corrected chi connectivity index (χ4v) is 4.81. The Labute approximate surface area is 107 Å². The first kappa shape index (κ1) is 13.1. The maximum atomic E-state index is 4.21. The van der Waals surface area contributed by atoms with Gasteiger partial charge < -0.3 is 5.32 Å². The van der Waals surface area contributed by atoms with Gasteiger partial charge in [-0.05, 0) is 37.5 Å². The van der Waals surface area contributed by atoms with Crippen molar-refractivity contribution in [3.8, 4) is 0 Å². The van der Waals surface area contributed by atoms with Crippen LogP contribution < -0.4 is 5.32 Å². The number of nitrogens with two attached hydrogens (primary N) is 1. The first-order valence-corrected chi connectivity index (χ1v) is 7.27. The molecule has 2 saturated carbocycles. The smallest absolute Gasteiger partial charge is 0.0722 e. The van der Waals surface area contributed by atoms with Gasteiger partial charge in [0.15, 0.2) is 0 Å². The molecule has 1 nitrogen and oxygen atoms in total. The van der Waals surface area contributed by atoms with Crippen LogP contribution in [-0.4, -0.2) is 6.04 Å². The summed E-state index contributed by atoms with van der Waals surface area (Å²) >= 11 is 0. The van der Waals surface area contributed by atoms with Crippen LogP contribution in [0.1, 0.15) is 52.9 Å². The van der Waals surface area contributed by atoms with Crippen molar-refractivity contribution in [3.63, 3.8) is 0 Å². The number of fused-ring (bicyclic) bond motifs is 1. The predicted molar refractivity (Wildman–Crippen MR) is 73.2 cm³/mol. The second kappa shape index (κ2) is 4.76. The molecule has 0 bridgehead atoms. The quantitative estimate of drug-likeness (QED) is 0.559. The van der Waals surface area contributed by atoms with Crippen LogP contribution in [0, 0.1) is 30.2 Å². The monoisotopic (exact) mass is 235 g/mol. The maximum Gasteiger partial charge on any atom is 0.0722 e. The third kappa shape index (κ3) is 2.19. The van der Waals surface area contributed by atoms with Gasteiger partial charge >= 0.3 is 0 Å². The van der Waals surface area contributed by atoms with Gasteiger partial charge in [-0.2, -0.15) is 7.05 Å². The van der Waals surface area contributed by atoms with Gasteiger partial charge in [-0.25, -0.2) is 0 Å². The Bertz CT molecular complexity index is 296. The first-order valence-electron chi connectivity index (χ1n) is 7.27. The van der Waals surface area contributed by atoms with Crippen LogP contribution in [0.2, 0.25) is 0 Å². The highest BCUT2D eigenvalue weighted by atomic mass is 14.9. The van der Waals surface area contributed by atoms with E-state index in [2.05, 4.69) is 39.7 Å². The minimum Gasteiger partial charge on any atom is -0.476 e. The van der Waals surface area contributed by atoms with Gasteiger partial charge in [0.25, 0.3) is 0 Å². The average molecular weight is 235 g/mol. The number of hydrogen-bond acceptors (Lipinski definition) is 0. The lowest BCUT2D eigenvalue weighted by Crippen LogP contribution is -2.89. The molecule has 2 rings (SSSR count). The summed E-state index contributed by atoms with van der Waals surface area (Å²) in [5.41, 5.74) is 1.94. The Morgan fingerprint density at radius 3 is 2.65 bits per heavy atom. The lowest BCUT2D eigenvalue weighted by Gasteiger charge is -2.54. The topological polar surface area (TPSA) is 16.6 Å². The minimum atomic E-state index is 0.572. The summed E-state index contributed by atoms with van der Waals surface area (Å²) in [6.45, 7) is 11.4. The zero-order chi connectivity index (χ0) is 12.6. The van der Waals surface area contributed by atoms with E-state index in [4.69, 9.17) is 0 Å². The largest absolute Gasteiger partial charge is 0.476 e. The predicted octanol–water partition coefficient (Wildman–Crippen LogP) is 3.14. The average Bonchev–Trinajstić information content (AvgIpc) is 2.26. The molecule has 5 atom stereocenters. The molecule has 2 aliphatic rings. The fraction of sp³-hybridized carbons (Fsp3) is 0.812. The van der Waals surface area contributed by atoms with E-state index in [1.807, 2.05) is 0 Å². The minimum absolute atomic E-state index is 0.572. The Morgan fingerprint density at radius 1 is 1.35 bits per heavy atom. The van der Waals surface area contributed by atoms with E-state index in [0.29, 0.717) is 17.4 Å². The third-order valence-corrected chi connectivity index (χ3v) is 5.64. The highest BCUT2D eigenvalue weighted by Gasteiger charge is 2.50. The summed E-state index contributed by atoms with van der Waals surface area (Å²) < 4.78 is 0. The van der Waals surface area contributed by atoms with Crippen molar-refractivity contribution in [1.29, 1.82) is 0 Å². The molecule has 0 unspecified atom stereocenters. The summed E-state index contributed by atoms with van der Waals surface area (Å²) in [7, 11) is 4.13. The zero-order valence-electron chi connectivity index (χ0n) is 11.8. The Balaban J connectivity index is 2.28. The van der Waals surface area contributed by atoms with E-state index < -0.39 is 0 Å². The molecule has 2 N–H and O–H groups in total. The highest BCUT2D eigenvalue weighted by molar-refractivity contribution is 5.08. The van der Waals surface area contributed by atoms with Crippen molar-refractivity contribution < 1.29 is 5.32 Å². The summed E-state index contributed by atoms with van der Waals surface area (Å²) in [6.07, 6.45) is 6.98. The molecule has 17 heavy (non-hydrogen) atoms. The molecule has 0 aromatic rings. The molecule has 0 radical (unpaired) electrons. The van der Waals surface area contributed by atoms with Gasteiger partial charge in [0.2, 0.25) is 0 Å². The van der Waals surface area contributed by atoms with Gasteiger partial charge in [-0.1, -0.05) is 38.8 Å². The van der Waals surface area contributed by atoms with Crippen molar-refractivity contribution in [3.05, 3.63) is 19.2 Å². The Hall–Kier alpha value is -0.300. The molecular formula is C16H29N. The van der Waals surface area contributed by atoms with E-state index >= 15 is 0 Å². The molecule has 0 amide bonds. The van der Waals surface area contributed by atoms with Crippen molar-refractivity contribution in [2.75, 3.05) is 0 Å². The molecule has 0 aromatic heterocycles. The number of rotatable bonds is 2. The SMILES string of the molecule is C=C(C)[C@@H]1CC[C@@]2(C)CCC[C@H](C)[C@H]2[C@H]1[NH2+][CH2-]. The second-order valence-electron chi connectivity index (χ2n) is 6.85. The summed E-state index contributed by atoms with van der Waals surface area (Å²) in [5, 5.41) is 2.24. The van der Waals surface area contributed by atoms with E-state index in [0.717, 1.165) is 11.8 Å². The van der Waals surface area contributed by atoms with E-state index in [9.17, 15) is 0 Å². The highest BCUT2D eigenvalue weighted by Crippen LogP contribution is 2.53. The van der Waals surface area contributed by atoms with E-state index in [1.54, 1.807) is 0 Å². The van der Waals surface area contributed by atoms with Crippen LogP contribution in [-0.2, 0) is 0 Å². The van der Waals surface area contributed by atoms with Crippen LogP contribution in [0.25, 0.3) is 0 Å². The normalized spacial score (nSPS) is 46.4. The molecule has 0 heterocycles. The van der Waals surface area contributed by atoms with Gasteiger partial charge in [-0.3, -0.25) is 0 Å². The van der Waals surface area contributed by atoms with Gasteiger partial charge in [0, 0.05) is 11.8 Å². The Morgan fingerprint density at radius 2 is 2.06 bits per heavy atom. The summed E-state index contributed by atoms with van der Waals surface area (Å²) in [5.74, 6) is 2.38. The van der Waals surface area contributed by atoms with Crippen LogP contribution >= 0.6 is 0 Å². The van der Waals surface area contributed by atoms with Gasteiger partial charge in [0.1, 0.15) is 0 Å². The molecular weight excluding hydrogens is 206 g/mol. The zero-order valence-corrected chi connectivity index (χ0v) is 11.8. The standard InChI is InChI=1S/C16H29N/c1-11(2)13-8-10-16(4)9-6-7-12(3)14(16)15(13)17-5/h12-15H,1,5-10,17H2,2-4H3/t12-,13-,14-,15-,16+/m0/s1. The molecule has 0 spiro atoms. The molecule has 1 heteroatoms. The van der Waals surface area contributed by atoms with Crippen LogP contribution in [0.4, 0.5) is 0 Å². The van der Waals surface area contributed by atoms with Crippen LogP contribution in [0.5, 0.6) is 0 Å². The molecule has 0 saturated heterocycles. The van der Waals surface area contributed by atoms with Crippen molar-refractivity contribution >= 4 is 0 Å². The lowest BCUT2D eigenvalue weighted by molar-refractivity contribution is -0.656. The maximum absolute atomic E-state index is 4.21. The number of quaternary nitrogens is 1. The fourth-order valence-electron chi connectivity index (χ4n) is 4.81. The van der Waals surface area contributed by atoms with Crippen LogP contribution in [0.15, 0.2) is 12.2 Å². The third-order valence-electron chi connectivity index (χ3n) is 5.64. The first-order chi connectivity index (χ1) is 7.99. The van der Waals surface area contributed by atoms with Crippen molar-refractivity contribution in [1.82, 2.24) is 0 Å². The number of hydrogen-bond donors (Lipinski definition) is 1. The molecule has 98 valence electrons. The van der Waals surface area contributed by atoms with Gasteiger partial charge in [0.05, 0.1) is 6.04 Å². The lowest BCUT2D eigenvalue weighted by atomic mass is 9.52. The van der Waals surface area contributed by atoms with Crippen molar-refractivity contribution in [2.24, 2.45) is 23.2 Å². The molecule has 0 aromatic carbocycles. The van der Waals surface area contributed by atoms with Crippen LogP contribution in [0.3, 0.4) is 0 Å². The Kier molecular flexibility index (Phi) is 3.68.